The SMILES string of the molecule is O=C1S/C(=C\c2cc(Cl)c(OCc3ccc(Cl)c(Cl)c3)c(Cl)c2)C(=O)N1Cc1ccc(F)cc1. The lowest BCUT2D eigenvalue weighted by atomic mass is 10.2. The lowest BCUT2D eigenvalue weighted by Crippen LogP contribution is -2.27. The highest BCUT2D eigenvalue weighted by atomic mass is 35.5. The van der Waals surface area contributed by atoms with Gasteiger partial charge in [-0.2, -0.15) is 0 Å². The van der Waals surface area contributed by atoms with Crippen molar-refractivity contribution in [2.45, 2.75) is 13.2 Å². The van der Waals surface area contributed by atoms with Crippen LogP contribution in [0.5, 0.6) is 5.75 Å². The summed E-state index contributed by atoms with van der Waals surface area (Å²) >= 11 is 25.5. The van der Waals surface area contributed by atoms with Crippen LogP contribution in [0.15, 0.2) is 59.5 Å². The highest BCUT2D eigenvalue weighted by Crippen LogP contribution is 2.38. The molecule has 0 radical (unpaired) electrons. The molecular formula is C24H14Cl4FNO3S. The third-order valence-electron chi connectivity index (χ3n) is 4.81. The molecule has 1 aliphatic heterocycles. The summed E-state index contributed by atoms with van der Waals surface area (Å²) in [5, 5.41) is 0.907. The van der Waals surface area contributed by atoms with Gasteiger partial charge in [0, 0.05) is 0 Å². The molecule has 34 heavy (non-hydrogen) atoms. The lowest BCUT2D eigenvalue weighted by Gasteiger charge is -2.12. The van der Waals surface area contributed by atoms with Crippen LogP contribution in [0.3, 0.4) is 0 Å². The first-order valence-electron chi connectivity index (χ1n) is 9.77. The van der Waals surface area contributed by atoms with Crippen LogP contribution >= 0.6 is 58.2 Å². The summed E-state index contributed by atoms with van der Waals surface area (Å²) in [6, 6.07) is 13.9. The van der Waals surface area contributed by atoms with Gasteiger partial charge in [-0.3, -0.25) is 14.5 Å². The fraction of sp³-hybridized carbons (Fsp3) is 0.0833. The van der Waals surface area contributed by atoms with Gasteiger partial charge in [0.2, 0.25) is 0 Å². The Hall–Kier alpha value is -2.22. The number of thioether (sulfide) groups is 1. The van der Waals surface area contributed by atoms with Crippen molar-refractivity contribution in [1.29, 1.82) is 0 Å². The second kappa shape index (κ2) is 10.6. The van der Waals surface area contributed by atoms with Crippen molar-refractivity contribution in [3.05, 3.63) is 102 Å². The molecule has 0 saturated carbocycles. The summed E-state index contributed by atoms with van der Waals surface area (Å²) < 4.78 is 18.9. The molecule has 174 valence electrons. The Bertz CT molecular complexity index is 1290. The number of carbonyl (C=O) groups is 2. The van der Waals surface area contributed by atoms with Gasteiger partial charge >= 0.3 is 0 Å². The summed E-state index contributed by atoms with van der Waals surface area (Å²) in [6.07, 6.45) is 1.54. The van der Waals surface area contributed by atoms with Gasteiger partial charge in [0.25, 0.3) is 11.1 Å². The van der Waals surface area contributed by atoms with Crippen molar-refractivity contribution < 1.29 is 18.7 Å². The van der Waals surface area contributed by atoms with Crippen molar-refractivity contribution in [2.24, 2.45) is 0 Å². The maximum Gasteiger partial charge on any atom is 0.293 e. The summed E-state index contributed by atoms with van der Waals surface area (Å²) in [4.78, 5) is 26.5. The maximum absolute atomic E-state index is 13.1. The predicted octanol–water partition coefficient (Wildman–Crippen LogP) is 8.25. The zero-order chi connectivity index (χ0) is 24.4. The number of hydrogen-bond acceptors (Lipinski definition) is 4. The molecule has 3 aromatic rings. The fourth-order valence-electron chi connectivity index (χ4n) is 3.15. The van der Waals surface area contributed by atoms with E-state index in [2.05, 4.69) is 0 Å². The molecule has 3 aromatic carbocycles. The molecule has 1 saturated heterocycles. The Morgan fingerprint density at radius 3 is 2.15 bits per heavy atom. The summed E-state index contributed by atoms with van der Waals surface area (Å²) in [5.74, 6) is -0.571. The van der Waals surface area contributed by atoms with Crippen molar-refractivity contribution >= 4 is 75.4 Å². The third-order valence-corrected chi connectivity index (χ3v) is 7.02. The Kier molecular flexibility index (Phi) is 7.75. The molecule has 1 heterocycles. The van der Waals surface area contributed by atoms with Crippen LogP contribution in [0, 0.1) is 5.82 Å². The van der Waals surface area contributed by atoms with E-state index in [1.165, 1.54) is 30.3 Å². The van der Waals surface area contributed by atoms with Gasteiger partial charge in [-0.1, -0.05) is 64.6 Å². The minimum Gasteiger partial charge on any atom is -0.486 e. The topological polar surface area (TPSA) is 46.6 Å². The normalized spacial score (nSPS) is 14.9. The molecule has 0 bridgehead atoms. The molecule has 4 nitrogen and oxygen atoms in total. The van der Waals surface area contributed by atoms with Crippen LogP contribution in [0.1, 0.15) is 16.7 Å². The van der Waals surface area contributed by atoms with E-state index in [1.807, 2.05) is 0 Å². The van der Waals surface area contributed by atoms with Crippen molar-refractivity contribution in [3.63, 3.8) is 0 Å². The van der Waals surface area contributed by atoms with E-state index in [-0.39, 0.29) is 33.9 Å². The van der Waals surface area contributed by atoms with Crippen LogP contribution in [0.4, 0.5) is 9.18 Å². The average Bonchev–Trinajstić information content (AvgIpc) is 3.04. The molecule has 1 aliphatic rings. The third kappa shape index (κ3) is 5.70. The minimum atomic E-state index is -0.452. The van der Waals surface area contributed by atoms with E-state index in [9.17, 15) is 14.0 Å². The smallest absolute Gasteiger partial charge is 0.293 e. The monoisotopic (exact) mass is 555 g/mol. The van der Waals surface area contributed by atoms with Gasteiger partial charge in [-0.25, -0.2) is 4.39 Å². The largest absolute Gasteiger partial charge is 0.486 e. The quantitative estimate of drug-likeness (QED) is 0.287. The lowest BCUT2D eigenvalue weighted by molar-refractivity contribution is -0.123. The number of imide groups is 1. The zero-order valence-corrected chi connectivity index (χ0v) is 21.0. The molecule has 0 aliphatic carbocycles. The number of carbonyl (C=O) groups excluding carboxylic acids is 2. The molecule has 0 unspecified atom stereocenters. The fourth-order valence-corrected chi connectivity index (χ4v) is 4.92. The van der Waals surface area contributed by atoms with Crippen LogP contribution in [-0.4, -0.2) is 16.0 Å². The van der Waals surface area contributed by atoms with E-state index < -0.39 is 17.0 Å². The van der Waals surface area contributed by atoms with E-state index in [1.54, 1.807) is 30.3 Å². The number of benzene rings is 3. The number of ether oxygens (including phenoxy) is 1. The molecule has 0 atom stereocenters. The average molecular weight is 557 g/mol. The van der Waals surface area contributed by atoms with E-state index in [4.69, 9.17) is 51.1 Å². The Balaban J connectivity index is 1.49. The standard InChI is InChI=1S/C24H14Cl4FNO3S/c25-17-6-3-14(7-18(17)26)12-33-22-19(27)8-15(9-20(22)28)10-21-23(31)30(24(32)34-21)11-13-1-4-16(29)5-2-13/h1-10H,11-12H2/b21-10-. The number of amides is 2. The first-order valence-corrected chi connectivity index (χ1v) is 12.1. The second-order valence-corrected chi connectivity index (χ2v) is 9.87. The first-order chi connectivity index (χ1) is 16.2. The number of halogens is 5. The van der Waals surface area contributed by atoms with Crippen LogP contribution in [0.25, 0.3) is 6.08 Å². The molecule has 10 heteroatoms. The first kappa shape index (κ1) is 24.9. The van der Waals surface area contributed by atoms with Gasteiger partial charge in [-0.05, 0) is 70.9 Å². The Morgan fingerprint density at radius 1 is 0.853 bits per heavy atom. The van der Waals surface area contributed by atoms with Crippen molar-refractivity contribution in [1.82, 2.24) is 4.90 Å². The second-order valence-electron chi connectivity index (χ2n) is 7.25. The summed E-state index contributed by atoms with van der Waals surface area (Å²) in [6.45, 7) is 0.212. The van der Waals surface area contributed by atoms with Crippen LogP contribution < -0.4 is 4.74 Å². The molecule has 0 N–H and O–H groups in total. The Morgan fingerprint density at radius 2 is 1.50 bits per heavy atom. The molecular weight excluding hydrogens is 543 g/mol. The van der Waals surface area contributed by atoms with Gasteiger partial charge in [0.1, 0.15) is 12.4 Å². The van der Waals surface area contributed by atoms with Gasteiger partial charge in [0.15, 0.2) is 5.75 Å². The summed E-state index contributed by atoms with van der Waals surface area (Å²) in [5.41, 5.74) is 1.95. The Labute approximate surface area is 219 Å². The predicted molar refractivity (Wildman–Crippen MR) is 135 cm³/mol. The summed E-state index contributed by atoms with van der Waals surface area (Å²) in [7, 11) is 0. The molecule has 4 rings (SSSR count). The van der Waals surface area contributed by atoms with Gasteiger partial charge in [0.05, 0.1) is 31.5 Å². The van der Waals surface area contributed by atoms with Crippen molar-refractivity contribution in [2.75, 3.05) is 0 Å². The number of rotatable bonds is 6. The molecule has 1 fully saturated rings. The molecule has 0 spiro atoms. The zero-order valence-electron chi connectivity index (χ0n) is 17.2. The highest BCUT2D eigenvalue weighted by molar-refractivity contribution is 8.18. The van der Waals surface area contributed by atoms with Crippen LogP contribution in [-0.2, 0) is 17.9 Å². The van der Waals surface area contributed by atoms with Gasteiger partial charge < -0.3 is 4.74 Å². The van der Waals surface area contributed by atoms with E-state index >= 15 is 0 Å². The van der Waals surface area contributed by atoms with Crippen LogP contribution in [0.2, 0.25) is 20.1 Å². The number of nitrogens with zero attached hydrogens (tertiary/aromatic N) is 1. The number of hydrogen-bond donors (Lipinski definition) is 0. The maximum atomic E-state index is 13.1. The van der Waals surface area contributed by atoms with Gasteiger partial charge in [-0.15, -0.1) is 0 Å². The van der Waals surface area contributed by atoms with Crippen molar-refractivity contribution in [3.8, 4) is 5.75 Å². The minimum absolute atomic E-state index is 0.0469. The molecule has 2 amide bonds. The highest BCUT2D eigenvalue weighted by Gasteiger charge is 2.35. The van der Waals surface area contributed by atoms with E-state index in [0.29, 0.717) is 21.2 Å². The van der Waals surface area contributed by atoms with E-state index in [0.717, 1.165) is 22.2 Å². The molecule has 0 aromatic heterocycles.